The molecule has 4 heterocycles. The Morgan fingerprint density at radius 3 is 2.52 bits per heavy atom. The highest BCUT2D eigenvalue weighted by Crippen LogP contribution is 2.28. The van der Waals surface area contributed by atoms with Crippen molar-refractivity contribution in [1.29, 1.82) is 0 Å². The van der Waals surface area contributed by atoms with Crippen LogP contribution in [0.5, 0.6) is 0 Å². The van der Waals surface area contributed by atoms with Crippen LogP contribution < -0.4 is 10.2 Å². The first-order valence-corrected chi connectivity index (χ1v) is 10.8. The summed E-state index contributed by atoms with van der Waals surface area (Å²) in [7, 11) is 0. The van der Waals surface area contributed by atoms with E-state index >= 15 is 0 Å². The molecule has 0 aromatic carbocycles. The minimum Gasteiger partial charge on any atom is -0.354 e. The number of nitrogens with zero attached hydrogens (tertiary/aromatic N) is 4. The zero-order valence-electron chi connectivity index (χ0n) is 17.0. The Morgan fingerprint density at radius 1 is 1.14 bits per heavy atom. The van der Waals surface area contributed by atoms with E-state index in [0.717, 1.165) is 38.5 Å². The molecule has 8 nitrogen and oxygen atoms in total. The molecular weight excluding hydrogens is 394 g/mol. The van der Waals surface area contributed by atoms with Crippen LogP contribution in [0.2, 0.25) is 0 Å². The number of alkyl halides is 1. The van der Waals surface area contributed by atoms with Crippen molar-refractivity contribution < 1.29 is 14.4 Å². The lowest BCUT2D eigenvalue weighted by atomic mass is 10.0. The van der Waals surface area contributed by atoms with E-state index in [0.29, 0.717) is 30.1 Å². The van der Waals surface area contributed by atoms with Gasteiger partial charge in [0, 0.05) is 45.0 Å². The number of imide groups is 1. The van der Waals surface area contributed by atoms with Gasteiger partial charge < -0.3 is 9.80 Å². The third kappa shape index (κ3) is 4.53. The van der Waals surface area contributed by atoms with E-state index in [2.05, 4.69) is 15.1 Å². The summed E-state index contributed by atoms with van der Waals surface area (Å²) < 4.78 is 0. The van der Waals surface area contributed by atoms with Gasteiger partial charge in [-0.15, -0.1) is 11.6 Å². The molecular formula is C20H28ClN5O3. The van der Waals surface area contributed by atoms with E-state index in [1.165, 1.54) is 4.90 Å². The number of nitrogens with one attached hydrogen (secondary N) is 1. The summed E-state index contributed by atoms with van der Waals surface area (Å²) in [5, 5.41) is 2.32. The number of rotatable bonds is 4. The monoisotopic (exact) mass is 421 g/mol. The first-order chi connectivity index (χ1) is 14.1. The van der Waals surface area contributed by atoms with Crippen molar-refractivity contribution >= 4 is 35.1 Å². The molecule has 3 aliphatic heterocycles. The number of amides is 3. The summed E-state index contributed by atoms with van der Waals surface area (Å²) in [5.41, 5.74) is 1.25. The van der Waals surface area contributed by atoms with Gasteiger partial charge in [0.15, 0.2) is 0 Å². The highest BCUT2D eigenvalue weighted by Gasteiger charge is 2.40. The number of piperidine rings is 1. The third-order valence-electron chi connectivity index (χ3n) is 5.45. The number of halogens is 1. The van der Waals surface area contributed by atoms with Gasteiger partial charge in [0.2, 0.25) is 11.8 Å². The van der Waals surface area contributed by atoms with Gasteiger partial charge in [0.05, 0.1) is 17.8 Å². The summed E-state index contributed by atoms with van der Waals surface area (Å²) in [6, 6.07) is 3.07. The van der Waals surface area contributed by atoms with Crippen molar-refractivity contribution in [3.63, 3.8) is 0 Å². The summed E-state index contributed by atoms with van der Waals surface area (Å²) in [6.07, 6.45) is 0.613. The standard InChI is InChI=1S/C18H22ClN5O3.C2H6/c19-5-6-22-7-9-23(10-8-22)15-3-1-12-13(20-15)11-24(18(12)27)14-2-4-16(25)21-17(14)26;1-2/h1,3,14H,2,4-11H2,(H,21,25,26);1-2H3. The molecule has 0 saturated carbocycles. The van der Waals surface area contributed by atoms with Crippen molar-refractivity contribution in [2.24, 2.45) is 0 Å². The minimum absolute atomic E-state index is 0.189. The molecule has 0 radical (unpaired) electrons. The lowest BCUT2D eigenvalue weighted by Crippen LogP contribution is -2.52. The Hall–Kier alpha value is -2.19. The number of carbonyl (C=O) groups excluding carboxylic acids is 3. The number of fused-ring (bicyclic) bond motifs is 1. The molecule has 0 bridgehead atoms. The maximum absolute atomic E-state index is 12.7. The SMILES string of the molecule is CC.O=C1CCC(N2Cc3nc(N4CCN(CCCl)CC4)ccc3C2=O)C(=O)N1. The van der Waals surface area contributed by atoms with Crippen LogP contribution in [0.25, 0.3) is 0 Å². The zero-order chi connectivity index (χ0) is 21.0. The second kappa shape index (κ2) is 9.54. The molecule has 3 aliphatic rings. The molecule has 1 aromatic rings. The Labute approximate surface area is 176 Å². The maximum Gasteiger partial charge on any atom is 0.256 e. The number of hydrogen-bond acceptors (Lipinski definition) is 6. The molecule has 0 aliphatic carbocycles. The fourth-order valence-corrected chi connectivity index (χ4v) is 4.16. The molecule has 158 valence electrons. The van der Waals surface area contributed by atoms with Crippen LogP contribution in [0, 0.1) is 0 Å². The van der Waals surface area contributed by atoms with Gasteiger partial charge in [-0.3, -0.25) is 24.6 Å². The first kappa shape index (κ1) is 21.5. The molecule has 2 fully saturated rings. The van der Waals surface area contributed by atoms with Crippen molar-refractivity contribution in [3.05, 3.63) is 23.4 Å². The summed E-state index contributed by atoms with van der Waals surface area (Å²) in [6.45, 7) is 8.81. The molecule has 2 saturated heterocycles. The predicted octanol–water partition coefficient (Wildman–Crippen LogP) is 1.23. The molecule has 1 atom stereocenters. The van der Waals surface area contributed by atoms with E-state index in [9.17, 15) is 14.4 Å². The molecule has 1 unspecified atom stereocenters. The Morgan fingerprint density at radius 2 is 1.86 bits per heavy atom. The molecule has 9 heteroatoms. The van der Waals surface area contributed by atoms with Crippen LogP contribution in [-0.4, -0.2) is 77.2 Å². The number of pyridine rings is 1. The van der Waals surface area contributed by atoms with Gasteiger partial charge in [-0.1, -0.05) is 13.8 Å². The van der Waals surface area contributed by atoms with E-state index in [4.69, 9.17) is 16.6 Å². The molecule has 1 N–H and O–H groups in total. The van der Waals surface area contributed by atoms with Gasteiger partial charge in [-0.05, 0) is 18.6 Å². The van der Waals surface area contributed by atoms with Gasteiger partial charge in [-0.25, -0.2) is 4.98 Å². The number of carbonyl (C=O) groups is 3. The normalized spacial score (nSPS) is 22.2. The maximum atomic E-state index is 12.7. The summed E-state index contributed by atoms with van der Waals surface area (Å²) in [4.78, 5) is 47.0. The fourth-order valence-electron chi connectivity index (χ4n) is 3.92. The van der Waals surface area contributed by atoms with Crippen molar-refractivity contribution in [1.82, 2.24) is 20.1 Å². The number of aromatic nitrogens is 1. The Kier molecular flexibility index (Phi) is 7.08. The van der Waals surface area contributed by atoms with E-state index in [1.807, 2.05) is 19.9 Å². The lowest BCUT2D eigenvalue weighted by Gasteiger charge is -2.35. The van der Waals surface area contributed by atoms with E-state index < -0.39 is 11.9 Å². The smallest absolute Gasteiger partial charge is 0.256 e. The van der Waals surface area contributed by atoms with Crippen molar-refractivity contribution in [2.45, 2.75) is 39.3 Å². The number of anilines is 1. The van der Waals surface area contributed by atoms with Crippen LogP contribution in [-0.2, 0) is 16.1 Å². The summed E-state index contributed by atoms with van der Waals surface area (Å²) in [5.74, 6) is 0.620. The Balaban J connectivity index is 0.00000117. The second-order valence-electron chi connectivity index (χ2n) is 7.08. The van der Waals surface area contributed by atoms with Gasteiger partial charge >= 0.3 is 0 Å². The average molecular weight is 422 g/mol. The molecule has 3 amide bonds. The molecule has 4 rings (SSSR count). The highest BCUT2D eigenvalue weighted by atomic mass is 35.5. The van der Waals surface area contributed by atoms with Crippen LogP contribution in [0.1, 0.15) is 42.7 Å². The van der Waals surface area contributed by atoms with Gasteiger partial charge in [-0.2, -0.15) is 0 Å². The quantitative estimate of drug-likeness (QED) is 0.581. The second-order valence-corrected chi connectivity index (χ2v) is 7.46. The minimum atomic E-state index is -0.605. The van der Waals surface area contributed by atoms with Crippen LogP contribution >= 0.6 is 11.6 Å². The largest absolute Gasteiger partial charge is 0.354 e. The fraction of sp³-hybridized carbons (Fsp3) is 0.600. The van der Waals surface area contributed by atoms with Gasteiger partial charge in [0.1, 0.15) is 11.9 Å². The first-order valence-electron chi connectivity index (χ1n) is 10.2. The average Bonchev–Trinajstić information content (AvgIpc) is 3.06. The topological polar surface area (TPSA) is 85.9 Å². The van der Waals surface area contributed by atoms with Crippen molar-refractivity contribution in [3.8, 4) is 0 Å². The zero-order valence-corrected chi connectivity index (χ0v) is 17.7. The van der Waals surface area contributed by atoms with Crippen molar-refractivity contribution in [2.75, 3.05) is 43.5 Å². The Bertz CT molecular complexity index is 779. The molecule has 1 aromatic heterocycles. The van der Waals surface area contributed by atoms with E-state index in [-0.39, 0.29) is 18.2 Å². The van der Waals surface area contributed by atoms with Crippen LogP contribution in [0.15, 0.2) is 12.1 Å². The van der Waals surface area contributed by atoms with E-state index in [1.54, 1.807) is 6.07 Å². The van der Waals surface area contributed by atoms with Crippen LogP contribution in [0.4, 0.5) is 5.82 Å². The summed E-state index contributed by atoms with van der Waals surface area (Å²) >= 11 is 5.81. The van der Waals surface area contributed by atoms with Crippen LogP contribution in [0.3, 0.4) is 0 Å². The molecule has 0 spiro atoms. The van der Waals surface area contributed by atoms with Gasteiger partial charge in [0.25, 0.3) is 5.91 Å². The lowest BCUT2D eigenvalue weighted by molar-refractivity contribution is -0.136. The number of piperazine rings is 1. The molecule has 29 heavy (non-hydrogen) atoms. The number of hydrogen-bond donors (Lipinski definition) is 1. The predicted molar refractivity (Wildman–Crippen MR) is 111 cm³/mol. The third-order valence-corrected chi connectivity index (χ3v) is 5.62. The highest BCUT2D eigenvalue weighted by molar-refractivity contribution is 6.18.